The van der Waals surface area contributed by atoms with Crippen LogP contribution >= 0.6 is 0 Å². The van der Waals surface area contributed by atoms with Gasteiger partial charge in [-0.15, -0.1) is 0 Å². The smallest absolute Gasteiger partial charge is 0.313 e. The zero-order chi connectivity index (χ0) is 14.0. The monoisotopic (exact) mass is 261 g/mol. The van der Waals surface area contributed by atoms with Gasteiger partial charge < -0.3 is 14.5 Å². The lowest BCUT2D eigenvalue weighted by atomic mass is 10.0. The van der Waals surface area contributed by atoms with Gasteiger partial charge in [0.05, 0.1) is 19.8 Å². The van der Waals surface area contributed by atoms with Crippen LogP contribution in [0.4, 0.5) is 0 Å². The molecule has 2 aromatic rings. The molecule has 0 aliphatic heterocycles. The third-order valence-electron chi connectivity index (χ3n) is 2.93. The quantitative estimate of drug-likeness (QED) is 0.520. The summed E-state index contributed by atoms with van der Waals surface area (Å²) in [5.74, 6) is -0.391. The van der Waals surface area contributed by atoms with Crippen molar-refractivity contribution in [2.75, 3.05) is 14.2 Å². The molecule has 1 aromatic heterocycles. The lowest BCUT2D eigenvalue weighted by Gasteiger charge is -2.08. The molecule has 1 N–H and O–H groups in total. The summed E-state index contributed by atoms with van der Waals surface area (Å²) < 4.78 is 9.82. The van der Waals surface area contributed by atoms with E-state index in [0.29, 0.717) is 11.3 Å². The molecule has 0 spiro atoms. The number of esters is 1. The Morgan fingerprint density at radius 2 is 2.00 bits per heavy atom. The van der Waals surface area contributed by atoms with Crippen LogP contribution in [0.3, 0.4) is 0 Å². The minimum atomic E-state index is -0.558. The minimum Gasteiger partial charge on any atom is -0.495 e. The second-order valence-corrected chi connectivity index (χ2v) is 4.24. The first-order valence-corrected chi connectivity index (χ1v) is 5.83. The maximum absolute atomic E-state index is 12.1. The number of H-pyrrole nitrogens is 1. The van der Waals surface area contributed by atoms with Crippen LogP contribution in [0.15, 0.2) is 18.2 Å². The van der Waals surface area contributed by atoms with Crippen LogP contribution in [0.2, 0.25) is 0 Å². The summed E-state index contributed by atoms with van der Waals surface area (Å²) in [5.41, 5.74) is 2.26. The number of hydrogen-bond donors (Lipinski definition) is 1. The lowest BCUT2D eigenvalue weighted by Crippen LogP contribution is -2.10. The van der Waals surface area contributed by atoms with Gasteiger partial charge in [-0.2, -0.15) is 0 Å². The summed E-state index contributed by atoms with van der Waals surface area (Å²) in [6.45, 7) is 1.93. The first kappa shape index (κ1) is 13.1. The van der Waals surface area contributed by atoms with E-state index in [-0.39, 0.29) is 12.2 Å². The van der Waals surface area contributed by atoms with Gasteiger partial charge in [0.1, 0.15) is 12.2 Å². The molecule has 0 unspecified atom stereocenters. The molecule has 0 aliphatic carbocycles. The van der Waals surface area contributed by atoms with Crippen LogP contribution in [0.5, 0.6) is 5.75 Å². The summed E-state index contributed by atoms with van der Waals surface area (Å²) in [6.07, 6.45) is -0.290. The highest BCUT2D eigenvalue weighted by Gasteiger charge is 2.19. The number of methoxy groups -OCH3 is 2. The van der Waals surface area contributed by atoms with E-state index in [1.165, 1.54) is 14.2 Å². The number of aromatic nitrogens is 1. The molecular weight excluding hydrogens is 246 g/mol. The first-order chi connectivity index (χ1) is 9.06. The van der Waals surface area contributed by atoms with Gasteiger partial charge in [0.25, 0.3) is 0 Å². The number of ketones is 1. The molecule has 19 heavy (non-hydrogen) atoms. The molecule has 0 amide bonds. The predicted molar refractivity (Wildman–Crippen MR) is 70.6 cm³/mol. The number of aryl methyl sites for hydroxylation is 1. The van der Waals surface area contributed by atoms with Crippen LogP contribution in [-0.2, 0) is 9.53 Å². The summed E-state index contributed by atoms with van der Waals surface area (Å²) in [6, 6.07) is 5.36. The van der Waals surface area contributed by atoms with Crippen LogP contribution in [-0.4, -0.2) is 31.0 Å². The number of fused-ring (bicyclic) bond motifs is 1. The highest BCUT2D eigenvalue weighted by molar-refractivity contribution is 6.10. The number of Topliss-reactive ketones (excluding diaryl/α,β-unsaturated/α-hetero) is 1. The van der Waals surface area contributed by atoms with Gasteiger partial charge in [0.2, 0.25) is 0 Å². The number of aromatic amines is 1. The SMILES string of the molecule is COC(=O)CC(=O)c1ccc2[nH]c(C)cc2c1OC. The zero-order valence-electron chi connectivity index (χ0n) is 11.1. The Kier molecular flexibility index (Phi) is 3.55. The summed E-state index contributed by atoms with van der Waals surface area (Å²) in [7, 11) is 2.76. The van der Waals surface area contributed by atoms with Crippen molar-refractivity contribution < 1.29 is 19.1 Å². The molecule has 0 fully saturated rings. The number of benzene rings is 1. The molecule has 5 heteroatoms. The Hall–Kier alpha value is -2.30. The highest BCUT2D eigenvalue weighted by Crippen LogP contribution is 2.31. The van der Waals surface area contributed by atoms with E-state index >= 15 is 0 Å². The largest absolute Gasteiger partial charge is 0.495 e. The molecule has 1 aromatic carbocycles. The molecule has 0 bridgehead atoms. The van der Waals surface area contributed by atoms with Crippen molar-refractivity contribution in [2.24, 2.45) is 0 Å². The standard InChI is InChI=1S/C14H15NO4/c1-8-6-10-11(15-8)5-4-9(14(10)19-3)12(16)7-13(17)18-2/h4-6,15H,7H2,1-3H3. The molecule has 0 saturated carbocycles. The van der Waals surface area contributed by atoms with Gasteiger partial charge in [0.15, 0.2) is 5.78 Å². The number of hydrogen-bond acceptors (Lipinski definition) is 4. The van der Waals surface area contributed by atoms with E-state index in [4.69, 9.17) is 4.74 Å². The van der Waals surface area contributed by atoms with Gasteiger partial charge in [-0.25, -0.2) is 0 Å². The third-order valence-corrected chi connectivity index (χ3v) is 2.93. The number of nitrogens with one attached hydrogen (secondary N) is 1. The van der Waals surface area contributed by atoms with Gasteiger partial charge >= 0.3 is 5.97 Å². The Morgan fingerprint density at radius 1 is 1.26 bits per heavy atom. The van der Waals surface area contributed by atoms with Crippen LogP contribution in [0.25, 0.3) is 10.9 Å². The van der Waals surface area contributed by atoms with E-state index < -0.39 is 5.97 Å². The minimum absolute atomic E-state index is 0.290. The van der Waals surface area contributed by atoms with Gasteiger partial charge in [-0.3, -0.25) is 9.59 Å². The molecule has 0 aliphatic rings. The average molecular weight is 261 g/mol. The van der Waals surface area contributed by atoms with Gasteiger partial charge in [-0.1, -0.05) is 0 Å². The van der Waals surface area contributed by atoms with Crippen LogP contribution in [0.1, 0.15) is 22.5 Å². The highest BCUT2D eigenvalue weighted by atomic mass is 16.5. The van der Waals surface area contributed by atoms with Gasteiger partial charge in [0, 0.05) is 16.6 Å². The lowest BCUT2D eigenvalue weighted by molar-refractivity contribution is -0.139. The molecule has 0 radical (unpaired) electrons. The van der Waals surface area contributed by atoms with Crippen molar-refractivity contribution in [3.8, 4) is 5.75 Å². The van der Waals surface area contributed by atoms with Gasteiger partial charge in [-0.05, 0) is 25.1 Å². The maximum Gasteiger partial charge on any atom is 0.313 e. The van der Waals surface area contributed by atoms with E-state index in [1.807, 2.05) is 13.0 Å². The zero-order valence-corrected chi connectivity index (χ0v) is 11.1. The fourth-order valence-corrected chi connectivity index (χ4v) is 2.05. The number of ether oxygens (including phenoxy) is 2. The average Bonchev–Trinajstić information content (AvgIpc) is 2.77. The molecular formula is C14H15NO4. The topological polar surface area (TPSA) is 68.4 Å². The van der Waals surface area contributed by atoms with Crippen LogP contribution in [0, 0.1) is 6.92 Å². The molecule has 1 heterocycles. The number of carbonyl (C=O) groups is 2. The predicted octanol–water partition coefficient (Wildman–Crippen LogP) is 2.23. The summed E-state index contributed by atoms with van der Waals surface area (Å²) in [5, 5.41) is 0.829. The van der Waals surface area contributed by atoms with Crippen molar-refractivity contribution in [1.82, 2.24) is 4.98 Å². The van der Waals surface area contributed by atoms with Crippen molar-refractivity contribution in [2.45, 2.75) is 13.3 Å². The van der Waals surface area contributed by atoms with Crippen LogP contribution < -0.4 is 4.74 Å². The second kappa shape index (κ2) is 5.14. The van der Waals surface area contributed by atoms with Crippen molar-refractivity contribution in [1.29, 1.82) is 0 Å². The van der Waals surface area contributed by atoms with Crippen molar-refractivity contribution >= 4 is 22.7 Å². The van der Waals surface area contributed by atoms with Crippen molar-refractivity contribution in [3.05, 3.63) is 29.5 Å². The Morgan fingerprint density at radius 3 is 2.63 bits per heavy atom. The fourth-order valence-electron chi connectivity index (χ4n) is 2.05. The fraction of sp³-hybridized carbons (Fsp3) is 0.286. The maximum atomic E-state index is 12.1. The Balaban J connectivity index is 2.48. The Bertz CT molecular complexity index is 642. The second-order valence-electron chi connectivity index (χ2n) is 4.24. The summed E-state index contributed by atoms with van der Waals surface area (Å²) in [4.78, 5) is 26.4. The van der Waals surface area contributed by atoms with E-state index in [0.717, 1.165) is 16.6 Å². The Labute approximate surface area is 110 Å². The number of rotatable bonds is 4. The van der Waals surface area contributed by atoms with E-state index in [9.17, 15) is 9.59 Å². The normalized spacial score (nSPS) is 10.5. The molecule has 5 nitrogen and oxygen atoms in total. The summed E-state index contributed by atoms with van der Waals surface area (Å²) >= 11 is 0. The third kappa shape index (κ3) is 2.45. The van der Waals surface area contributed by atoms with E-state index in [1.54, 1.807) is 12.1 Å². The van der Waals surface area contributed by atoms with Crippen molar-refractivity contribution in [3.63, 3.8) is 0 Å². The molecule has 100 valence electrons. The first-order valence-electron chi connectivity index (χ1n) is 5.83. The molecule has 0 atom stereocenters. The van der Waals surface area contributed by atoms with E-state index in [2.05, 4.69) is 9.72 Å². The molecule has 2 rings (SSSR count). The number of carbonyl (C=O) groups excluding carboxylic acids is 2. The molecule has 0 saturated heterocycles.